The predicted molar refractivity (Wildman–Crippen MR) is 73.0 cm³/mol. The highest BCUT2D eigenvalue weighted by Gasteiger charge is 2.15. The van der Waals surface area contributed by atoms with Crippen molar-refractivity contribution in [2.45, 2.75) is 31.7 Å². The maximum absolute atomic E-state index is 13.1. The van der Waals surface area contributed by atoms with Crippen LogP contribution in [0.3, 0.4) is 0 Å². The van der Waals surface area contributed by atoms with Crippen molar-refractivity contribution in [3.05, 3.63) is 29.0 Å². The first-order valence-corrected chi connectivity index (χ1v) is 6.46. The summed E-state index contributed by atoms with van der Waals surface area (Å²) in [5.74, 6) is -0.372. The molecule has 2 nitrogen and oxygen atoms in total. The zero-order valence-electron chi connectivity index (χ0n) is 9.30. The monoisotopic (exact) mass is 272 g/mol. The number of benzene rings is 1. The number of hydrogen-bond donors (Lipinski definition) is 2. The molecule has 1 aliphatic carbocycles. The van der Waals surface area contributed by atoms with E-state index in [9.17, 15) is 4.39 Å². The molecule has 92 valence electrons. The Hall–Kier alpha value is -0.870. The van der Waals surface area contributed by atoms with E-state index in [4.69, 9.17) is 23.8 Å². The largest absolute Gasteiger partial charge is 0.360 e. The van der Waals surface area contributed by atoms with Gasteiger partial charge in [0.25, 0.3) is 0 Å². The van der Waals surface area contributed by atoms with Crippen LogP contribution in [-0.4, -0.2) is 11.2 Å². The molecule has 2 rings (SSSR count). The number of thiocarbonyl (C=S) groups is 1. The third kappa shape index (κ3) is 3.82. The molecule has 0 saturated heterocycles. The summed E-state index contributed by atoms with van der Waals surface area (Å²) in [6.07, 6.45) is 4.77. The van der Waals surface area contributed by atoms with Crippen LogP contribution in [-0.2, 0) is 0 Å². The summed E-state index contributed by atoms with van der Waals surface area (Å²) >= 11 is 10.9. The molecule has 0 aromatic heterocycles. The first-order valence-electron chi connectivity index (χ1n) is 5.67. The molecule has 5 heteroatoms. The van der Waals surface area contributed by atoms with Crippen molar-refractivity contribution in [3.8, 4) is 0 Å². The Bertz CT molecular complexity index is 399. The Morgan fingerprint density at radius 2 is 2.00 bits per heavy atom. The number of nitrogens with one attached hydrogen (secondary N) is 2. The minimum absolute atomic E-state index is 0.358. The Kier molecular flexibility index (Phi) is 4.18. The zero-order valence-corrected chi connectivity index (χ0v) is 10.9. The van der Waals surface area contributed by atoms with E-state index >= 15 is 0 Å². The standard InChI is InChI=1S/C12H14ClFN2S/c13-8-5-9(14)7-11(6-8)16-12(17)15-10-3-1-2-4-10/h5-7,10H,1-4H2,(H2,15,16,17). The molecular weight excluding hydrogens is 259 g/mol. The molecule has 0 spiro atoms. The van der Waals surface area contributed by atoms with Crippen LogP contribution in [0, 0.1) is 5.82 Å². The Morgan fingerprint density at radius 1 is 1.29 bits per heavy atom. The molecule has 1 aromatic rings. The van der Waals surface area contributed by atoms with Gasteiger partial charge in [0, 0.05) is 16.8 Å². The van der Waals surface area contributed by atoms with Gasteiger partial charge in [-0.05, 0) is 43.3 Å². The second kappa shape index (κ2) is 5.65. The van der Waals surface area contributed by atoms with Gasteiger partial charge in [-0.25, -0.2) is 4.39 Å². The average Bonchev–Trinajstić information content (AvgIpc) is 2.67. The second-order valence-electron chi connectivity index (χ2n) is 4.24. The Balaban J connectivity index is 1.92. The van der Waals surface area contributed by atoms with Crippen LogP contribution >= 0.6 is 23.8 Å². The lowest BCUT2D eigenvalue weighted by Gasteiger charge is -2.15. The quantitative estimate of drug-likeness (QED) is 0.803. The molecule has 0 unspecified atom stereocenters. The van der Waals surface area contributed by atoms with Crippen molar-refractivity contribution < 1.29 is 4.39 Å². The number of hydrogen-bond acceptors (Lipinski definition) is 1. The number of rotatable bonds is 2. The predicted octanol–water partition coefficient (Wildman–Crippen LogP) is 3.71. The van der Waals surface area contributed by atoms with Gasteiger partial charge in [-0.1, -0.05) is 24.4 Å². The molecule has 0 bridgehead atoms. The van der Waals surface area contributed by atoms with Crippen LogP contribution < -0.4 is 10.6 Å². The fourth-order valence-corrected chi connectivity index (χ4v) is 2.56. The fourth-order valence-electron chi connectivity index (χ4n) is 2.05. The average molecular weight is 273 g/mol. The molecule has 2 N–H and O–H groups in total. The molecule has 0 heterocycles. The van der Waals surface area contributed by atoms with Crippen LogP contribution in [0.4, 0.5) is 10.1 Å². The van der Waals surface area contributed by atoms with Crippen LogP contribution in [0.1, 0.15) is 25.7 Å². The van der Waals surface area contributed by atoms with Gasteiger partial charge >= 0.3 is 0 Å². The van der Waals surface area contributed by atoms with E-state index in [0.29, 0.717) is 21.9 Å². The summed E-state index contributed by atoms with van der Waals surface area (Å²) in [6, 6.07) is 4.72. The Labute approximate surface area is 111 Å². The first-order chi connectivity index (χ1) is 8.13. The first kappa shape index (κ1) is 12.6. The summed E-state index contributed by atoms with van der Waals surface area (Å²) < 4.78 is 13.1. The fraction of sp³-hybridized carbons (Fsp3) is 0.417. The summed E-state index contributed by atoms with van der Waals surface area (Å²) in [7, 11) is 0. The van der Waals surface area contributed by atoms with Gasteiger partial charge < -0.3 is 10.6 Å². The summed E-state index contributed by atoms with van der Waals surface area (Å²) in [5.41, 5.74) is 0.575. The molecule has 1 fully saturated rings. The second-order valence-corrected chi connectivity index (χ2v) is 5.08. The van der Waals surface area contributed by atoms with E-state index in [1.54, 1.807) is 6.07 Å². The topological polar surface area (TPSA) is 24.1 Å². The van der Waals surface area contributed by atoms with Crippen LogP contribution in [0.2, 0.25) is 5.02 Å². The summed E-state index contributed by atoms with van der Waals surface area (Å²) in [6.45, 7) is 0. The van der Waals surface area contributed by atoms with E-state index in [-0.39, 0.29) is 5.82 Å². The highest BCUT2D eigenvalue weighted by atomic mass is 35.5. The van der Waals surface area contributed by atoms with Gasteiger partial charge in [-0.2, -0.15) is 0 Å². The minimum Gasteiger partial charge on any atom is -0.360 e. The van der Waals surface area contributed by atoms with Gasteiger partial charge in [0.2, 0.25) is 0 Å². The molecule has 0 radical (unpaired) electrons. The molecule has 0 atom stereocenters. The molecule has 1 aliphatic rings. The minimum atomic E-state index is -0.372. The third-order valence-corrected chi connectivity index (χ3v) is 3.25. The summed E-state index contributed by atoms with van der Waals surface area (Å²) in [4.78, 5) is 0. The van der Waals surface area contributed by atoms with Crippen molar-refractivity contribution >= 4 is 34.6 Å². The van der Waals surface area contributed by atoms with Crippen molar-refractivity contribution in [3.63, 3.8) is 0 Å². The lowest BCUT2D eigenvalue weighted by molar-refractivity contribution is 0.628. The molecule has 1 saturated carbocycles. The molecule has 0 amide bonds. The van der Waals surface area contributed by atoms with E-state index in [0.717, 1.165) is 12.8 Å². The van der Waals surface area contributed by atoms with E-state index in [1.807, 2.05) is 0 Å². The summed E-state index contributed by atoms with van der Waals surface area (Å²) in [5, 5.41) is 7.05. The normalized spacial score (nSPS) is 15.9. The molecule has 0 aliphatic heterocycles. The van der Waals surface area contributed by atoms with E-state index in [2.05, 4.69) is 10.6 Å². The third-order valence-electron chi connectivity index (χ3n) is 2.81. The van der Waals surface area contributed by atoms with Crippen molar-refractivity contribution in [2.24, 2.45) is 0 Å². The van der Waals surface area contributed by atoms with Crippen LogP contribution in [0.25, 0.3) is 0 Å². The zero-order chi connectivity index (χ0) is 12.3. The van der Waals surface area contributed by atoms with Crippen LogP contribution in [0.5, 0.6) is 0 Å². The maximum Gasteiger partial charge on any atom is 0.170 e. The van der Waals surface area contributed by atoms with Crippen molar-refractivity contribution in [1.82, 2.24) is 5.32 Å². The number of halogens is 2. The van der Waals surface area contributed by atoms with Gasteiger partial charge in [0.15, 0.2) is 5.11 Å². The highest BCUT2D eigenvalue weighted by molar-refractivity contribution is 7.80. The maximum atomic E-state index is 13.1. The Morgan fingerprint density at radius 3 is 2.65 bits per heavy atom. The lowest BCUT2D eigenvalue weighted by Crippen LogP contribution is -2.35. The lowest BCUT2D eigenvalue weighted by atomic mass is 10.2. The van der Waals surface area contributed by atoms with Crippen molar-refractivity contribution in [2.75, 3.05) is 5.32 Å². The molecule has 17 heavy (non-hydrogen) atoms. The van der Waals surface area contributed by atoms with Crippen LogP contribution in [0.15, 0.2) is 18.2 Å². The molecular formula is C12H14ClFN2S. The highest BCUT2D eigenvalue weighted by Crippen LogP contribution is 2.19. The molecule has 1 aromatic carbocycles. The smallest absolute Gasteiger partial charge is 0.170 e. The van der Waals surface area contributed by atoms with E-state index < -0.39 is 0 Å². The van der Waals surface area contributed by atoms with Gasteiger partial charge in [-0.15, -0.1) is 0 Å². The van der Waals surface area contributed by atoms with Gasteiger partial charge in [0.1, 0.15) is 5.82 Å². The van der Waals surface area contributed by atoms with E-state index in [1.165, 1.54) is 25.0 Å². The van der Waals surface area contributed by atoms with Gasteiger partial charge in [-0.3, -0.25) is 0 Å². The number of anilines is 1. The SMILES string of the molecule is Fc1cc(Cl)cc(NC(=S)NC2CCCC2)c1. The van der Waals surface area contributed by atoms with Crippen molar-refractivity contribution in [1.29, 1.82) is 0 Å². The van der Waals surface area contributed by atoms with Gasteiger partial charge in [0.05, 0.1) is 0 Å².